The van der Waals surface area contributed by atoms with Gasteiger partial charge in [0.1, 0.15) is 0 Å². The van der Waals surface area contributed by atoms with Gasteiger partial charge in [-0.2, -0.15) is 5.26 Å². The van der Waals surface area contributed by atoms with Crippen LogP contribution in [0, 0.1) is 16.7 Å². The normalized spacial score (nSPS) is 15.4. The summed E-state index contributed by atoms with van der Waals surface area (Å²) in [5, 5.41) is 9.57. The van der Waals surface area contributed by atoms with Gasteiger partial charge in [0.2, 0.25) is 0 Å². The molecule has 2 atom stereocenters. The summed E-state index contributed by atoms with van der Waals surface area (Å²) < 4.78 is 0.876. The first-order valence-electron chi connectivity index (χ1n) is 6.20. The Labute approximate surface area is 120 Å². The van der Waals surface area contributed by atoms with Crippen molar-refractivity contribution in [2.45, 2.75) is 38.9 Å². The van der Waals surface area contributed by atoms with Crippen LogP contribution in [0.15, 0.2) is 30.3 Å². The standard InChI is InChI=1S/C15H19NS2/c1-4-10-15(3,11-16)12(2)18-14(17)13-8-6-5-7-9-13/h5-9,12H,4,10H2,1-3H3. The number of hydrogen-bond donors (Lipinski definition) is 0. The van der Waals surface area contributed by atoms with Crippen molar-refractivity contribution < 1.29 is 0 Å². The summed E-state index contributed by atoms with van der Waals surface area (Å²) in [6.07, 6.45) is 1.93. The van der Waals surface area contributed by atoms with Crippen LogP contribution >= 0.6 is 24.0 Å². The molecule has 1 nitrogen and oxygen atoms in total. The molecule has 3 heteroatoms. The molecule has 0 aromatic heterocycles. The van der Waals surface area contributed by atoms with E-state index in [0.717, 1.165) is 22.6 Å². The number of benzene rings is 1. The van der Waals surface area contributed by atoms with E-state index in [2.05, 4.69) is 19.9 Å². The first-order valence-corrected chi connectivity index (χ1v) is 7.49. The minimum absolute atomic E-state index is 0.204. The van der Waals surface area contributed by atoms with Crippen LogP contribution in [0.4, 0.5) is 0 Å². The van der Waals surface area contributed by atoms with Crippen LogP contribution in [-0.4, -0.2) is 9.45 Å². The van der Waals surface area contributed by atoms with Crippen molar-refractivity contribution in [1.82, 2.24) is 0 Å². The van der Waals surface area contributed by atoms with Gasteiger partial charge in [0.15, 0.2) is 0 Å². The minimum atomic E-state index is -0.307. The highest BCUT2D eigenvalue weighted by atomic mass is 32.2. The Balaban J connectivity index is 2.73. The third-order valence-corrected chi connectivity index (χ3v) is 5.06. The Morgan fingerprint density at radius 2 is 2.06 bits per heavy atom. The molecular weight excluding hydrogens is 258 g/mol. The van der Waals surface area contributed by atoms with Crippen LogP contribution in [0.1, 0.15) is 39.2 Å². The molecule has 96 valence electrons. The maximum absolute atomic E-state index is 9.36. The van der Waals surface area contributed by atoms with Gasteiger partial charge in [0, 0.05) is 5.25 Å². The van der Waals surface area contributed by atoms with Crippen LogP contribution in [0.2, 0.25) is 0 Å². The van der Waals surface area contributed by atoms with Gasteiger partial charge in [0.25, 0.3) is 0 Å². The third kappa shape index (κ3) is 3.83. The number of thiocarbonyl (C=S) groups is 1. The van der Waals surface area contributed by atoms with Gasteiger partial charge in [-0.3, -0.25) is 0 Å². The molecule has 0 fully saturated rings. The molecular formula is C15H19NS2. The van der Waals surface area contributed by atoms with Gasteiger partial charge in [0.05, 0.1) is 15.7 Å². The van der Waals surface area contributed by atoms with Gasteiger partial charge in [-0.15, -0.1) is 11.8 Å². The van der Waals surface area contributed by atoms with Crippen LogP contribution in [-0.2, 0) is 0 Å². The van der Waals surface area contributed by atoms with Crippen LogP contribution in [0.25, 0.3) is 0 Å². The molecule has 0 bridgehead atoms. The molecule has 0 heterocycles. The molecule has 0 radical (unpaired) electrons. The fourth-order valence-corrected chi connectivity index (χ4v) is 3.40. The molecule has 0 aliphatic carbocycles. The van der Waals surface area contributed by atoms with Gasteiger partial charge in [-0.25, -0.2) is 0 Å². The van der Waals surface area contributed by atoms with Gasteiger partial charge in [-0.1, -0.05) is 62.8 Å². The molecule has 1 aromatic carbocycles. The van der Waals surface area contributed by atoms with E-state index in [1.165, 1.54) is 0 Å². The molecule has 0 aliphatic rings. The van der Waals surface area contributed by atoms with Crippen molar-refractivity contribution >= 4 is 28.2 Å². The molecule has 2 unspecified atom stereocenters. The second kappa shape index (κ2) is 6.92. The van der Waals surface area contributed by atoms with Gasteiger partial charge >= 0.3 is 0 Å². The van der Waals surface area contributed by atoms with Crippen molar-refractivity contribution in [2.24, 2.45) is 5.41 Å². The number of hydrogen-bond acceptors (Lipinski definition) is 3. The summed E-state index contributed by atoms with van der Waals surface area (Å²) in [6.45, 7) is 6.24. The van der Waals surface area contributed by atoms with E-state index in [4.69, 9.17) is 12.2 Å². The quantitative estimate of drug-likeness (QED) is 0.721. The monoisotopic (exact) mass is 277 g/mol. The predicted molar refractivity (Wildman–Crippen MR) is 83.8 cm³/mol. The lowest BCUT2D eigenvalue weighted by Crippen LogP contribution is -2.26. The highest BCUT2D eigenvalue weighted by Crippen LogP contribution is 2.36. The highest BCUT2D eigenvalue weighted by molar-refractivity contribution is 8.24. The topological polar surface area (TPSA) is 23.8 Å². The van der Waals surface area contributed by atoms with Crippen LogP contribution < -0.4 is 0 Å². The van der Waals surface area contributed by atoms with Crippen molar-refractivity contribution in [3.8, 4) is 6.07 Å². The molecule has 0 amide bonds. The second-order valence-electron chi connectivity index (χ2n) is 4.69. The maximum atomic E-state index is 9.36. The molecule has 0 saturated heterocycles. The molecule has 1 aromatic rings. The van der Waals surface area contributed by atoms with E-state index in [1.54, 1.807) is 11.8 Å². The Bertz CT molecular complexity index is 436. The van der Waals surface area contributed by atoms with Gasteiger partial charge < -0.3 is 0 Å². The number of nitriles is 1. The zero-order valence-corrected chi connectivity index (χ0v) is 12.8. The summed E-state index contributed by atoms with van der Waals surface area (Å²) in [5.41, 5.74) is 0.763. The SMILES string of the molecule is CCCC(C)(C#N)C(C)SC(=S)c1ccccc1. The third-order valence-electron chi connectivity index (χ3n) is 3.22. The largest absolute Gasteiger partial charge is 0.198 e. The Kier molecular flexibility index (Phi) is 5.84. The van der Waals surface area contributed by atoms with E-state index in [9.17, 15) is 5.26 Å². The van der Waals surface area contributed by atoms with E-state index in [-0.39, 0.29) is 10.7 Å². The van der Waals surface area contributed by atoms with Crippen molar-refractivity contribution in [1.29, 1.82) is 5.26 Å². The fourth-order valence-electron chi connectivity index (χ4n) is 1.80. The van der Waals surface area contributed by atoms with E-state index in [0.29, 0.717) is 0 Å². The Morgan fingerprint density at radius 3 is 2.56 bits per heavy atom. The number of nitrogens with zero attached hydrogens (tertiary/aromatic N) is 1. The first-order chi connectivity index (χ1) is 8.53. The Morgan fingerprint density at radius 1 is 1.44 bits per heavy atom. The molecule has 0 aliphatic heterocycles. The lowest BCUT2D eigenvalue weighted by molar-refractivity contribution is 0.398. The van der Waals surface area contributed by atoms with E-state index >= 15 is 0 Å². The zero-order chi connectivity index (χ0) is 13.6. The smallest absolute Gasteiger partial charge is 0.0781 e. The highest BCUT2D eigenvalue weighted by Gasteiger charge is 2.31. The zero-order valence-electron chi connectivity index (χ0n) is 11.1. The average Bonchev–Trinajstić information content (AvgIpc) is 2.39. The minimum Gasteiger partial charge on any atom is -0.198 e. The Hall–Kier alpha value is -0.850. The van der Waals surface area contributed by atoms with E-state index < -0.39 is 0 Å². The van der Waals surface area contributed by atoms with Crippen molar-refractivity contribution in [3.05, 3.63) is 35.9 Å². The summed E-state index contributed by atoms with van der Waals surface area (Å²) in [6, 6.07) is 12.5. The fraction of sp³-hybridized carbons (Fsp3) is 0.467. The van der Waals surface area contributed by atoms with Crippen LogP contribution in [0.3, 0.4) is 0 Å². The van der Waals surface area contributed by atoms with Crippen molar-refractivity contribution in [2.75, 3.05) is 0 Å². The molecule has 0 saturated carbocycles. The molecule has 0 N–H and O–H groups in total. The summed E-state index contributed by atoms with van der Waals surface area (Å²) >= 11 is 7.08. The molecule has 0 spiro atoms. The van der Waals surface area contributed by atoms with Gasteiger partial charge in [-0.05, 0) is 18.9 Å². The van der Waals surface area contributed by atoms with Crippen LogP contribution in [0.5, 0.6) is 0 Å². The maximum Gasteiger partial charge on any atom is 0.0781 e. The summed E-state index contributed by atoms with van der Waals surface area (Å²) in [7, 11) is 0. The average molecular weight is 277 g/mol. The number of rotatable bonds is 5. The first kappa shape index (κ1) is 15.2. The lowest BCUT2D eigenvalue weighted by atomic mass is 9.84. The summed E-state index contributed by atoms with van der Waals surface area (Å²) in [5.74, 6) is 0. The number of thioether (sulfide) groups is 1. The second-order valence-corrected chi connectivity index (χ2v) is 6.71. The predicted octanol–water partition coefficient (Wildman–Crippen LogP) is 4.81. The molecule has 18 heavy (non-hydrogen) atoms. The summed E-state index contributed by atoms with van der Waals surface area (Å²) in [4.78, 5) is 0. The van der Waals surface area contributed by atoms with E-state index in [1.807, 2.05) is 37.3 Å². The van der Waals surface area contributed by atoms with Crippen molar-refractivity contribution in [3.63, 3.8) is 0 Å². The molecule has 1 rings (SSSR count). The lowest BCUT2D eigenvalue weighted by Gasteiger charge is -2.28.